The Morgan fingerprint density at radius 2 is 2.16 bits per heavy atom. The van der Waals surface area contributed by atoms with E-state index in [0.29, 0.717) is 17.9 Å². The van der Waals surface area contributed by atoms with Crippen LogP contribution in [0.4, 0.5) is 0 Å². The maximum absolute atomic E-state index is 11.6. The molecule has 1 aromatic heterocycles. The third-order valence-corrected chi connectivity index (χ3v) is 2.46. The molecule has 2 aromatic rings. The Labute approximate surface area is 109 Å². The molecule has 0 aliphatic heterocycles. The monoisotopic (exact) mass is 259 g/mol. The Bertz CT molecular complexity index is 628. The lowest BCUT2D eigenvalue weighted by Gasteiger charge is -2.04. The van der Waals surface area contributed by atoms with Gasteiger partial charge in [-0.15, -0.1) is 6.58 Å². The van der Waals surface area contributed by atoms with Gasteiger partial charge in [-0.05, 0) is 0 Å². The van der Waals surface area contributed by atoms with Gasteiger partial charge in [0, 0.05) is 12.1 Å². The maximum Gasteiger partial charge on any atom is 0.442 e. The highest BCUT2D eigenvalue weighted by molar-refractivity contribution is 5.76. The molecule has 98 valence electrons. The second kappa shape index (κ2) is 5.81. The number of aromatic nitrogens is 2. The van der Waals surface area contributed by atoms with Crippen LogP contribution in [0.15, 0.2) is 52.3 Å². The molecule has 0 radical (unpaired) electrons. The predicted molar refractivity (Wildman–Crippen MR) is 69.4 cm³/mol. The Hall–Kier alpha value is -2.63. The van der Waals surface area contributed by atoms with Crippen LogP contribution in [-0.2, 0) is 11.3 Å². The van der Waals surface area contributed by atoms with Gasteiger partial charge in [0.1, 0.15) is 6.54 Å². The summed E-state index contributed by atoms with van der Waals surface area (Å²) >= 11 is 0. The van der Waals surface area contributed by atoms with Gasteiger partial charge in [-0.2, -0.15) is 0 Å². The van der Waals surface area contributed by atoms with E-state index >= 15 is 0 Å². The number of hydrogen-bond acceptors (Lipinski definition) is 4. The van der Waals surface area contributed by atoms with Gasteiger partial charge in [-0.1, -0.05) is 41.6 Å². The molecule has 0 aliphatic carbocycles. The molecule has 0 atom stereocenters. The zero-order chi connectivity index (χ0) is 13.7. The van der Waals surface area contributed by atoms with Gasteiger partial charge in [0.2, 0.25) is 5.91 Å². The lowest BCUT2D eigenvalue weighted by molar-refractivity contribution is -0.121. The van der Waals surface area contributed by atoms with Crippen molar-refractivity contribution in [2.75, 3.05) is 6.54 Å². The molecular weight excluding hydrogens is 246 g/mol. The fraction of sp³-hybridized carbons (Fsp3) is 0.154. The number of carbonyl (C=O) groups excluding carboxylic acids is 1. The molecule has 0 spiro atoms. The van der Waals surface area contributed by atoms with E-state index < -0.39 is 5.76 Å². The largest absolute Gasteiger partial charge is 0.442 e. The second-order valence-electron chi connectivity index (χ2n) is 3.82. The number of carbonyl (C=O) groups is 1. The Kier molecular flexibility index (Phi) is 3.92. The van der Waals surface area contributed by atoms with Crippen molar-refractivity contribution in [2.45, 2.75) is 6.54 Å². The number of rotatable bonds is 5. The first-order valence-corrected chi connectivity index (χ1v) is 5.72. The van der Waals surface area contributed by atoms with Crippen LogP contribution in [0, 0.1) is 0 Å². The molecule has 1 amide bonds. The van der Waals surface area contributed by atoms with E-state index in [-0.39, 0.29) is 12.5 Å². The van der Waals surface area contributed by atoms with Crippen LogP contribution in [0.5, 0.6) is 0 Å². The quantitative estimate of drug-likeness (QED) is 0.806. The van der Waals surface area contributed by atoms with Gasteiger partial charge in [0.15, 0.2) is 5.82 Å². The standard InChI is InChI=1S/C13H13N3O3/c1-2-8-14-11(17)9-16-12(15-19-13(16)18)10-6-4-3-5-7-10/h2-7H,1,8-9H2,(H,14,17). The van der Waals surface area contributed by atoms with E-state index in [2.05, 4.69) is 21.6 Å². The predicted octanol–water partition coefficient (Wildman–Crippen LogP) is 0.805. The molecule has 6 heteroatoms. The summed E-state index contributed by atoms with van der Waals surface area (Å²) in [5.41, 5.74) is 0.713. The number of amides is 1. The number of nitrogens with one attached hydrogen (secondary N) is 1. The average molecular weight is 259 g/mol. The van der Waals surface area contributed by atoms with E-state index in [1.165, 1.54) is 4.57 Å². The van der Waals surface area contributed by atoms with E-state index in [9.17, 15) is 9.59 Å². The van der Waals surface area contributed by atoms with Gasteiger partial charge < -0.3 is 5.32 Å². The zero-order valence-electron chi connectivity index (χ0n) is 10.2. The SMILES string of the molecule is C=CCNC(=O)Cn1c(-c2ccccc2)noc1=O. The summed E-state index contributed by atoms with van der Waals surface area (Å²) in [5.74, 6) is -0.630. The molecule has 0 saturated carbocycles. The molecule has 1 N–H and O–H groups in total. The Morgan fingerprint density at radius 1 is 1.42 bits per heavy atom. The molecule has 0 unspecified atom stereocenters. The van der Waals surface area contributed by atoms with Crippen LogP contribution < -0.4 is 11.1 Å². The van der Waals surface area contributed by atoms with Crippen LogP contribution >= 0.6 is 0 Å². The van der Waals surface area contributed by atoms with E-state index in [4.69, 9.17) is 0 Å². The van der Waals surface area contributed by atoms with Crippen LogP contribution in [0.3, 0.4) is 0 Å². The summed E-state index contributed by atoms with van der Waals surface area (Å²) in [4.78, 5) is 23.2. The molecule has 19 heavy (non-hydrogen) atoms. The topological polar surface area (TPSA) is 77.1 Å². The van der Waals surface area contributed by atoms with Crippen LogP contribution in [-0.4, -0.2) is 22.2 Å². The van der Waals surface area contributed by atoms with Crippen molar-refractivity contribution in [3.05, 3.63) is 53.5 Å². The summed E-state index contributed by atoms with van der Waals surface area (Å²) in [5, 5.41) is 6.28. The van der Waals surface area contributed by atoms with Gasteiger partial charge in [0.05, 0.1) is 0 Å². The van der Waals surface area contributed by atoms with Crippen molar-refractivity contribution < 1.29 is 9.32 Å². The van der Waals surface area contributed by atoms with E-state index in [1.54, 1.807) is 18.2 Å². The molecule has 0 aliphatic rings. The fourth-order valence-electron chi connectivity index (χ4n) is 1.59. The molecule has 0 bridgehead atoms. The van der Waals surface area contributed by atoms with Crippen LogP contribution in [0.1, 0.15) is 0 Å². The van der Waals surface area contributed by atoms with Crippen molar-refractivity contribution in [3.8, 4) is 11.4 Å². The number of benzene rings is 1. The minimum absolute atomic E-state index is 0.138. The summed E-state index contributed by atoms with van der Waals surface area (Å²) < 4.78 is 5.80. The highest BCUT2D eigenvalue weighted by Gasteiger charge is 2.14. The first-order valence-electron chi connectivity index (χ1n) is 5.72. The summed E-state index contributed by atoms with van der Waals surface area (Å²) in [6.45, 7) is 3.71. The van der Waals surface area contributed by atoms with Gasteiger partial charge >= 0.3 is 5.76 Å². The normalized spacial score (nSPS) is 10.1. The van der Waals surface area contributed by atoms with E-state index in [0.717, 1.165) is 0 Å². The molecule has 6 nitrogen and oxygen atoms in total. The molecule has 0 saturated heterocycles. The van der Waals surface area contributed by atoms with Crippen LogP contribution in [0.2, 0.25) is 0 Å². The van der Waals surface area contributed by atoms with Gasteiger partial charge in [0.25, 0.3) is 0 Å². The van der Waals surface area contributed by atoms with Crippen molar-refractivity contribution in [1.29, 1.82) is 0 Å². The summed E-state index contributed by atoms with van der Waals surface area (Å²) in [6, 6.07) is 9.06. The first kappa shape index (κ1) is 12.8. The number of nitrogens with zero attached hydrogens (tertiary/aromatic N) is 2. The Balaban J connectivity index is 2.26. The van der Waals surface area contributed by atoms with Gasteiger partial charge in [-0.25, -0.2) is 9.36 Å². The van der Waals surface area contributed by atoms with Crippen molar-refractivity contribution in [2.24, 2.45) is 0 Å². The second-order valence-corrected chi connectivity index (χ2v) is 3.82. The third kappa shape index (κ3) is 2.98. The lowest BCUT2D eigenvalue weighted by Crippen LogP contribution is -2.31. The minimum Gasteiger partial charge on any atom is -0.351 e. The molecular formula is C13H13N3O3. The molecule has 1 aromatic carbocycles. The first-order chi connectivity index (χ1) is 9.22. The Morgan fingerprint density at radius 3 is 2.84 bits per heavy atom. The molecule has 2 rings (SSSR count). The van der Waals surface area contributed by atoms with Gasteiger partial charge in [-0.3, -0.25) is 9.32 Å². The average Bonchev–Trinajstić information content (AvgIpc) is 2.79. The molecule has 0 fully saturated rings. The fourth-order valence-corrected chi connectivity index (χ4v) is 1.59. The summed E-state index contributed by atoms with van der Waals surface area (Å²) in [6.07, 6.45) is 1.56. The van der Waals surface area contributed by atoms with E-state index in [1.807, 2.05) is 18.2 Å². The number of hydrogen-bond donors (Lipinski definition) is 1. The van der Waals surface area contributed by atoms with Crippen molar-refractivity contribution >= 4 is 5.91 Å². The summed E-state index contributed by atoms with van der Waals surface area (Å²) in [7, 11) is 0. The van der Waals surface area contributed by atoms with Crippen LogP contribution in [0.25, 0.3) is 11.4 Å². The van der Waals surface area contributed by atoms with Crippen molar-refractivity contribution in [1.82, 2.24) is 15.0 Å². The molecule has 1 heterocycles. The zero-order valence-corrected chi connectivity index (χ0v) is 10.2. The minimum atomic E-state index is -0.660. The maximum atomic E-state index is 11.6. The lowest BCUT2D eigenvalue weighted by atomic mass is 10.2. The highest BCUT2D eigenvalue weighted by atomic mass is 16.5. The van der Waals surface area contributed by atoms with Crippen molar-refractivity contribution in [3.63, 3.8) is 0 Å². The highest BCUT2D eigenvalue weighted by Crippen LogP contribution is 2.14. The smallest absolute Gasteiger partial charge is 0.351 e. The third-order valence-electron chi connectivity index (χ3n) is 2.46.